The summed E-state index contributed by atoms with van der Waals surface area (Å²) in [5, 5.41) is 2.75. The second kappa shape index (κ2) is 6.84. The van der Waals surface area contributed by atoms with Gasteiger partial charge in [-0.05, 0) is 86.3 Å². The quantitative estimate of drug-likeness (QED) is 0.473. The van der Waals surface area contributed by atoms with Crippen molar-refractivity contribution in [2.75, 3.05) is 0 Å². The van der Waals surface area contributed by atoms with Gasteiger partial charge in [-0.25, -0.2) is 0 Å². The van der Waals surface area contributed by atoms with Crippen LogP contribution >= 0.6 is 0 Å². The summed E-state index contributed by atoms with van der Waals surface area (Å²) in [5.41, 5.74) is 9.66. The number of nitrogens with zero attached hydrogens (tertiary/aromatic N) is 1. The summed E-state index contributed by atoms with van der Waals surface area (Å²) in [6, 6.07) is 15.4. The van der Waals surface area contributed by atoms with Gasteiger partial charge in [0.15, 0.2) is 0 Å². The summed E-state index contributed by atoms with van der Waals surface area (Å²) in [5.74, 6) is 0. The molecule has 1 aliphatic carbocycles. The maximum atomic E-state index is 5.03. The fraction of sp³-hybridized carbons (Fsp3) is 0.320. The molecule has 0 atom stereocenters. The number of H-pyrrole nitrogens is 1. The van der Waals surface area contributed by atoms with Gasteiger partial charge in [0.05, 0.1) is 5.52 Å². The molecule has 0 amide bonds. The molecule has 0 unspecified atom stereocenters. The summed E-state index contributed by atoms with van der Waals surface area (Å²) < 4.78 is 0. The monoisotopic (exact) mass is 354 g/mol. The van der Waals surface area contributed by atoms with E-state index >= 15 is 0 Å². The Kier molecular flexibility index (Phi) is 4.20. The molecule has 0 saturated heterocycles. The first-order valence-corrected chi connectivity index (χ1v) is 10.3. The highest BCUT2D eigenvalue weighted by atomic mass is 14.7. The van der Waals surface area contributed by atoms with Gasteiger partial charge >= 0.3 is 0 Å². The Hall–Kier alpha value is -2.61. The molecule has 2 aromatic carbocycles. The number of hydrogen-bond acceptors (Lipinski definition) is 1. The van der Waals surface area contributed by atoms with E-state index in [0.717, 1.165) is 19.3 Å². The Balaban J connectivity index is 1.47. The third kappa shape index (κ3) is 3.03. The van der Waals surface area contributed by atoms with Crippen LogP contribution in [-0.2, 0) is 25.7 Å². The van der Waals surface area contributed by atoms with E-state index in [1.54, 1.807) is 11.1 Å². The minimum absolute atomic E-state index is 1.12. The molecule has 0 fully saturated rings. The lowest BCUT2D eigenvalue weighted by Crippen LogP contribution is -2.10. The molecular formula is C25H26N2. The van der Waals surface area contributed by atoms with Crippen molar-refractivity contribution in [3.05, 3.63) is 76.6 Å². The van der Waals surface area contributed by atoms with Crippen molar-refractivity contribution in [1.82, 2.24) is 9.97 Å². The minimum Gasteiger partial charge on any atom is -0.361 e. The van der Waals surface area contributed by atoms with Gasteiger partial charge in [0.25, 0.3) is 0 Å². The number of pyridine rings is 1. The predicted molar refractivity (Wildman–Crippen MR) is 113 cm³/mol. The maximum absolute atomic E-state index is 5.03. The van der Waals surface area contributed by atoms with Gasteiger partial charge in [-0.3, -0.25) is 4.98 Å². The van der Waals surface area contributed by atoms with E-state index in [-0.39, 0.29) is 0 Å². The molecule has 1 N–H and O–H groups in total. The number of benzene rings is 2. The highest BCUT2D eigenvalue weighted by Gasteiger charge is 2.18. The number of hydrogen-bond donors (Lipinski definition) is 1. The molecule has 2 nitrogen and oxygen atoms in total. The number of para-hydroxylation sites is 1. The number of aromatic nitrogens is 2. The second-order valence-electron chi connectivity index (χ2n) is 7.96. The maximum Gasteiger partial charge on any atom is 0.0710 e. The summed E-state index contributed by atoms with van der Waals surface area (Å²) in [4.78, 5) is 8.44. The highest BCUT2D eigenvalue weighted by molar-refractivity contribution is 5.85. The van der Waals surface area contributed by atoms with Crippen molar-refractivity contribution >= 4 is 21.8 Å². The van der Waals surface area contributed by atoms with E-state index in [1.807, 2.05) is 0 Å². The lowest BCUT2D eigenvalue weighted by molar-refractivity contribution is 0.661. The Bertz CT molecular complexity index is 1120. The number of nitrogens with one attached hydrogen (secondary N) is 1. The molecule has 2 aromatic heterocycles. The van der Waals surface area contributed by atoms with Crippen LogP contribution in [0.2, 0.25) is 0 Å². The smallest absolute Gasteiger partial charge is 0.0710 e. The zero-order valence-electron chi connectivity index (χ0n) is 16.0. The standard InChI is InChI=1S/C25H26N2/c1-17-13-14-22-20(21-9-3-5-12-24(21)27-25(22)15-17)10-6-7-18-16-26-23-11-4-2-8-19(18)23/h2,4,8,11,13-16,26H,3,5-7,9-10,12H2,1H3. The first-order valence-electron chi connectivity index (χ1n) is 10.3. The first-order chi connectivity index (χ1) is 13.3. The van der Waals surface area contributed by atoms with E-state index in [1.165, 1.54) is 64.3 Å². The van der Waals surface area contributed by atoms with E-state index in [2.05, 4.69) is 60.6 Å². The highest BCUT2D eigenvalue weighted by Crippen LogP contribution is 2.31. The molecular weight excluding hydrogens is 328 g/mol. The van der Waals surface area contributed by atoms with Gasteiger partial charge in [0.1, 0.15) is 0 Å². The Morgan fingerprint density at radius 2 is 1.85 bits per heavy atom. The van der Waals surface area contributed by atoms with Crippen molar-refractivity contribution in [1.29, 1.82) is 0 Å². The van der Waals surface area contributed by atoms with Crippen LogP contribution in [0.4, 0.5) is 0 Å². The number of aryl methyl sites for hydroxylation is 4. The molecule has 2 heteroatoms. The van der Waals surface area contributed by atoms with E-state index < -0.39 is 0 Å². The van der Waals surface area contributed by atoms with Crippen LogP contribution in [-0.4, -0.2) is 9.97 Å². The first kappa shape index (κ1) is 16.6. The average molecular weight is 354 g/mol. The lowest BCUT2D eigenvalue weighted by atomic mass is 9.87. The van der Waals surface area contributed by atoms with Crippen molar-refractivity contribution in [2.24, 2.45) is 0 Å². The third-order valence-electron chi connectivity index (χ3n) is 6.08. The molecule has 136 valence electrons. The average Bonchev–Trinajstić information content (AvgIpc) is 3.10. The summed E-state index contributed by atoms with van der Waals surface area (Å²) in [6.07, 6.45) is 10.6. The van der Waals surface area contributed by atoms with Gasteiger partial charge in [-0.2, -0.15) is 0 Å². The van der Waals surface area contributed by atoms with Gasteiger partial charge in [0.2, 0.25) is 0 Å². The van der Waals surface area contributed by atoms with Crippen LogP contribution in [0.3, 0.4) is 0 Å². The van der Waals surface area contributed by atoms with Crippen molar-refractivity contribution in [3.8, 4) is 0 Å². The van der Waals surface area contributed by atoms with Crippen LogP contribution < -0.4 is 0 Å². The molecule has 4 aromatic rings. The van der Waals surface area contributed by atoms with E-state index in [0.29, 0.717) is 0 Å². The molecule has 5 rings (SSSR count). The number of aromatic amines is 1. The van der Waals surface area contributed by atoms with Crippen LogP contribution in [0.25, 0.3) is 21.8 Å². The zero-order chi connectivity index (χ0) is 18.2. The Morgan fingerprint density at radius 1 is 0.963 bits per heavy atom. The molecule has 0 bridgehead atoms. The molecule has 1 aliphatic rings. The fourth-order valence-electron chi connectivity index (χ4n) is 4.71. The number of rotatable bonds is 4. The minimum atomic E-state index is 1.12. The molecule has 0 radical (unpaired) electrons. The topological polar surface area (TPSA) is 28.7 Å². The van der Waals surface area contributed by atoms with Gasteiger partial charge in [0, 0.05) is 28.2 Å². The molecule has 0 spiro atoms. The van der Waals surface area contributed by atoms with Gasteiger partial charge in [-0.15, -0.1) is 0 Å². The van der Waals surface area contributed by atoms with Crippen molar-refractivity contribution < 1.29 is 0 Å². The van der Waals surface area contributed by atoms with E-state index in [9.17, 15) is 0 Å². The molecule has 27 heavy (non-hydrogen) atoms. The van der Waals surface area contributed by atoms with Crippen molar-refractivity contribution in [2.45, 2.75) is 51.9 Å². The molecule has 0 saturated carbocycles. The van der Waals surface area contributed by atoms with Crippen LogP contribution in [0.15, 0.2) is 48.7 Å². The fourth-order valence-corrected chi connectivity index (χ4v) is 4.71. The Morgan fingerprint density at radius 3 is 2.81 bits per heavy atom. The second-order valence-corrected chi connectivity index (χ2v) is 7.96. The van der Waals surface area contributed by atoms with Gasteiger partial charge < -0.3 is 4.98 Å². The van der Waals surface area contributed by atoms with Crippen LogP contribution in [0.5, 0.6) is 0 Å². The SMILES string of the molecule is Cc1ccc2c(CCCc3c[nH]c4ccccc34)c3c(nc2c1)CCCC3. The predicted octanol–water partition coefficient (Wildman–Crippen LogP) is 6.08. The summed E-state index contributed by atoms with van der Waals surface area (Å²) in [6.45, 7) is 2.16. The Labute approximate surface area is 160 Å². The lowest BCUT2D eigenvalue weighted by Gasteiger charge is -2.21. The molecule has 2 heterocycles. The largest absolute Gasteiger partial charge is 0.361 e. The third-order valence-corrected chi connectivity index (χ3v) is 6.08. The van der Waals surface area contributed by atoms with E-state index in [4.69, 9.17) is 4.98 Å². The molecule has 0 aliphatic heterocycles. The van der Waals surface area contributed by atoms with Crippen molar-refractivity contribution in [3.63, 3.8) is 0 Å². The summed E-state index contributed by atoms with van der Waals surface area (Å²) in [7, 11) is 0. The van der Waals surface area contributed by atoms with Crippen LogP contribution in [0, 0.1) is 6.92 Å². The summed E-state index contributed by atoms with van der Waals surface area (Å²) >= 11 is 0. The van der Waals surface area contributed by atoms with Crippen LogP contribution in [0.1, 0.15) is 47.2 Å². The normalized spacial score (nSPS) is 14.0. The number of fused-ring (bicyclic) bond motifs is 3. The van der Waals surface area contributed by atoms with Gasteiger partial charge in [-0.1, -0.05) is 30.3 Å². The zero-order valence-corrected chi connectivity index (χ0v) is 16.0.